The van der Waals surface area contributed by atoms with Crippen LogP contribution < -0.4 is 0 Å². The smallest absolute Gasteiger partial charge is 0.410 e. The summed E-state index contributed by atoms with van der Waals surface area (Å²) in [6, 6.07) is 4.72. The third kappa shape index (κ3) is 2.20. The average molecular weight is 314 g/mol. The van der Waals surface area contributed by atoms with Crippen LogP contribution in [0, 0.1) is 0 Å². The zero-order chi connectivity index (χ0) is 13.3. The van der Waals surface area contributed by atoms with Crippen LogP contribution in [0.4, 0.5) is 4.79 Å². The number of carboxylic acid groups (broad SMARTS) is 1. The second-order valence-electron chi connectivity index (χ2n) is 4.03. The van der Waals surface area contributed by atoms with Gasteiger partial charge in [0, 0.05) is 10.9 Å². The monoisotopic (exact) mass is 313 g/mol. The van der Waals surface area contributed by atoms with E-state index in [9.17, 15) is 14.7 Å². The Hall–Kier alpha value is -1.56. The molecule has 2 rings (SSSR count). The first kappa shape index (κ1) is 12.9. The van der Waals surface area contributed by atoms with Gasteiger partial charge in [0.1, 0.15) is 6.04 Å². The molecule has 1 aromatic rings. The number of ether oxygens (including phenoxy) is 1. The van der Waals surface area contributed by atoms with E-state index in [1.54, 1.807) is 0 Å². The molecule has 0 saturated heterocycles. The van der Waals surface area contributed by atoms with Crippen molar-refractivity contribution in [3.63, 3.8) is 0 Å². The summed E-state index contributed by atoms with van der Waals surface area (Å²) < 4.78 is 5.50. The van der Waals surface area contributed by atoms with E-state index in [4.69, 9.17) is 0 Å². The zero-order valence-corrected chi connectivity index (χ0v) is 11.3. The van der Waals surface area contributed by atoms with Gasteiger partial charge in [0.2, 0.25) is 0 Å². The fraction of sp³-hybridized carbons (Fsp3) is 0.333. The molecule has 1 aromatic carbocycles. The maximum atomic E-state index is 11.6. The number of carbonyl (C=O) groups is 2. The maximum Gasteiger partial charge on any atom is 0.410 e. The number of methoxy groups -OCH3 is 1. The van der Waals surface area contributed by atoms with Gasteiger partial charge in [0.05, 0.1) is 13.7 Å². The predicted octanol–water partition coefficient (Wildman–Crippen LogP) is 2.03. The summed E-state index contributed by atoms with van der Waals surface area (Å²) in [7, 11) is 1.25. The highest BCUT2D eigenvalue weighted by atomic mass is 79.9. The molecule has 18 heavy (non-hydrogen) atoms. The van der Waals surface area contributed by atoms with Crippen LogP contribution in [0.15, 0.2) is 22.7 Å². The molecule has 1 amide bonds. The Labute approximate surface area is 112 Å². The van der Waals surface area contributed by atoms with Gasteiger partial charge >= 0.3 is 12.1 Å². The summed E-state index contributed by atoms with van der Waals surface area (Å²) in [6.07, 6.45) is -0.339. The number of amides is 1. The van der Waals surface area contributed by atoms with E-state index in [0.29, 0.717) is 0 Å². The number of rotatable bonds is 1. The van der Waals surface area contributed by atoms with Gasteiger partial charge in [-0.05, 0) is 17.2 Å². The third-order valence-electron chi connectivity index (χ3n) is 3.02. The van der Waals surface area contributed by atoms with Gasteiger partial charge in [-0.15, -0.1) is 0 Å². The SMILES string of the molecule is COC(=O)N1Cc2cccc(Br)c2CC1C(=O)O. The van der Waals surface area contributed by atoms with Crippen LogP contribution in [0.3, 0.4) is 0 Å². The molecule has 0 spiro atoms. The Morgan fingerprint density at radius 1 is 1.50 bits per heavy atom. The minimum Gasteiger partial charge on any atom is -0.480 e. The molecule has 5 nitrogen and oxygen atoms in total. The van der Waals surface area contributed by atoms with Crippen molar-refractivity contribution >= 4 is 28.0 Å². The number of nitrogens with zero attached hydrogens (tertiary/aromatic N) is 1. The average Bonchev–Trinajstić information content (AvgIpc) is 2.36. The van der Waals surface area contributed by atoms with Crippen molar-refractivity contribution in [1.82, 2.24) is 4.90 Å². The minimum absolute atomic E-state index is 0.248. The Kier molecular flexibility index (Phi) is 3.56. The van der Waals surface area contributed by atoms with Crippen molar-refractivity contribution in [2.75, 3.05) is 7.11 Å². The molecule has 0 saturated carbocycles. The van der Waals surface area contributed by atoms with Crippen molar-refractivity contribution in [3.05, 3.63) is 33.8 Å². The van der Waals surface area contributed by atoms with Crippen LogP contribution in [-0.4, -0.2) is 35.2 Å². The fourth-order valence-electron chi connectivity index (χ4n) is 2.11. The van der Waals surface area contributed by atoms with Crippen LogP contribution in [0.2, 0.25) is 0 Å². The molecule has 0 bridgehead atoms. The lowest BCUT2D eigenvalue weighted by Gasteiger charge is -2.33. The van der Waals surface area contributed by atoms with Crippen LogP contribution in [0.25, 0.3) is 0 Å². The Morgan fingerprint density at radius 3 is 2.83 bits per heavy atom. The lowest BCUT2D eigenvalue weighted by atomic mass is 9.94. The van der Waals surface area contributed by atoms with Crippen molar-refractivity contribution in [1.29, 1.82) is 0 Å². The summed E-state index contributed by atoms with van der Waals surface area (Å²) in [5, 5.41) is 9.20. The van der Waals surface area contributed by atoms with Crippen LogP contribution in [0.5, 0.6) is 0 Å². The minimum atomic E-state index is -1.03. The standard InChI is InChI=1S/C12H12BrNO4/c1-18-12(17)14-6-7-3-2-4-9(13)8(7)5-10(14)11(15)16/h2-4,10H,5-6H2,1H3,(H,15,16). The second kappa shape index (κ2) is 4.97. The predicted molar refractivity (Wildman–Crippen MR) is 67.2 cm³/mol. The van der Waals surface area contributed by atoms with E-state index >= 15 is 0 Å². The van der Waals surface area contributed by atoms with Gasteiger partial charge in [-0.1, -0.05) is 28.1 Å². The van der Waals surface area contributed by atoms with Crippen LogP contribution in [-0.2, 0) is 22.5 Å². The van der Waals surface area contributed by atoms with Crippen molar-refractivity contribution < 1.29 is 19.4 Å². The first-order valence-corrected chi connectivity index (χ1v) is 6.17. The number of carbonyl (C=O) groups excluding carboxylic acids is 1. The zero-order valence-electron chi connectivity index (χ0n) is 9.72. The number of halogens is 1. The van der Waals surface area contributed by atoms with Crippen molar-refractivity contribution in [2.24, 2.45) is 0 Å². The van der Waals surface area contributed by atoms with Crippen molar-refractivity contribution in [3.8, 4) is 0 Å². The summed E-state index contributed by atoms with van der Waals surface area (Å²) in [6.45, 7) is 0.248. The first-order chi connectivity index (χ1) is 8.54. The number of hydrogen-bond acceptors (Lipinski definition) is 3. The molecular weight excluding hydrogens is 302 g/mol. The van der Waals surface area contributed by atoms with Gasteiger partial charge in [0.25, 0.3) is 0 Å². The summed E-state index contributed by atoms with van der Waals surface area (Å²) >= 11 is 3.41. The Balaban J connectivity index is 2.40. The van der Waals surface area contributed by atoms with Gasteiger partial charge in [0.15, 0.2) is 0 Å². The quantitative estimate of drug-likeness (QED) is 0.861. The van der Waals surface area contributed by atoms with E-state index < -0.39 is 18.1 Å². The fourth-order valence-corrected chi connectivity index (χ4v) is 2.68. The highest BCUT2D eigenvalue weighted by Crippen LogP contribution is 2.29. The Bertz CT molecular complexity index is 503. The third-order valence-corrected chi connectivity index (χ3v) is 3.77. The molecule has 0 aliphatic carbocycles. The molecular formula is C12H12BrNO4. The second-order valence-corrected chi connectivity index (χ2v) is 4.89. The molecule has 6 heteroatoms. The molecule has 1 aliphatic heterocycles. The molecule has 96 valence electrons. The molecule has 0 radical (unpaired) electrons. The van der Waals surface area contributed by atoms with Crippen LogP contribution >= 0.6 is 15.9 Å². The van der Waals surface area contributed by atoms with E-state index in [1.807, 2.05) is 18.2 Å². The molecule has 1 unspecified atom stereocenters. The number of hydrogen-bond donors (Lipinski definition) is 1. The molecule has 0 aromatic heterocycles. The number of aliphatic carboxylic acids is 1. The highest BCUT2D eigenvalue weighted by molar-refractivity contribution is 9.10. The Morgan fingerprint density at radius 2 is 2.22 bits per heavy atom. The molecule has 1 N–H and O–H groups in total. The van der Waals surface area contributed by atoms with Gasteiger partial charge in [-0.25, -0.2) is 9.59 Å². The van der Waals surface area contributed by atoms with E-state index in [2.05, 4.69) is 20.7 Å². The lowest BCUT2D eigenvalue weighted by molar-refractivity contribution is -0.143. The van der Waals surface area contributed by atoms with Crippen LogP contribution in [0.1, 0.15) is 11.1 Å². The number of carboxylic acids is 1. The van der Waals surface area contributed by atoms with Gasteiger partial charge < -0.3 is 9.84 Å². The van der Waals surface area contributed by atoms with Gasteiger partial charge in [-0.3, -0.25) is 4.90 Å². The number of fused-ring (bicyclic) bond motifs is 1. The molecule has 1 heterocycles. The normalized spacial score (nSPS) is 18.1. The highest BCUT2D eigenvalue weighted by Gasteiger charge is 2.35. The van der Waals surface area contributed by atoms with E-state index in [0.717, 1.165) is 15.6 Å². The van der Waals surface area contributed by atoms with Crippen molar-refractivity contribution in [2.45, 2.75) is 19.0 Å². The van der Waals surface area contributed by atoms with E-state index in [-0.39, 0.29) is 13.0 Å². The maximum absolute atomic E-state index is 11.6. The summed E-state index contributed by atoms with van der Waals surface area (Å²) in [5.74, 6) is -1.03. The number of benzene rings is 1. The van der Waals surface area contributed by atoms with E-state index in [1.165, 1.54) is 12.0 Å². The summed E-state index contributed by atoms with van der Waals surface area (Å²) in [4.78, 5) is 24.1. The largest absolute Gasteiger partial charge is 0.480 e. The first-order valence-electron chi connectivity index (χ1n) is 5.38. The lowest BCUT2D eigenvalue weighted by Crippen LogP contribution is -2.48. The molecule has 0 fully saturated rings. The van der Waals surface area contributed by atoms with Gasteiger partial charge in [-0.2, -0.15) is 0 Å². The molecule has 1 atom stereocenters. The molecule has 1 aliphatic rings. The topological polar surface area (TPSA) is 66.8 Å². The summed E-state index contributed by atoms with van der Waals surface area (Å²) in [5.41, 5.74) is 1.87.